The van der Waals surface area contributed by atoms with Crippen molar-refractivity contribution in [3.05, 3.63) is 28.8 Å². The lowest BCUT2D eigenvalue weighted by Gasteiger charge is -2.10. The number of halogens is 2. The zero-order chi connectivity index (χ0) is 10.6. The first-order valence-electron chi connectivity index (χ1n) is 4.34. The highest BCUT2D eigenvalue weighted by Gasteiger charge is 2.08. The maximum Gasteiger partial charge on any atom is 0.121 e. The van der Waals surface area contributed by atoms with Gasteiger partial charge < -0.3 is 9.84 Å². The smallest absolute Gasteiger partial charge is 0.121 e. The fourth-order valence-electron chi connectivity index (χ4n) is 1.12. The van der Waals surface area contributed by atoms with E-state index < -0.39 is 6.10 Å². The quantitative estimate of drug-likeness (QED) is 0.858. The molecule has 1 N–H and O–H groups in total. The summed E-state index contributed by atoms with van der Waals surface area (Å²) in [7, 11) is 0. The highest BCUT2D eigenvalue weighted by molar-refractivity contribution is 9.09. The summed E-state index contributed by atoms with van der Waals surface area (Å²) in [5, 5.41) is 10.6. The van der Waals surface area contributed by atoms with E-state index in [2.05, 4.69) is 15.9 Å². The van der Waals surface area contributed by atoms with Gasteiger partial charge in [-0.05, 0) is 30.7 Å². The molecule has 0 aliphatic heterocycles. The monoisotopic (exact) mass is 278 g/mol. The molecule has 0 saturated heterocycles. The van der Waals surface area contributed by atoms with E-state index in [-0.39, 0.29) is 0 Å². The van der Waals surface area contributed by atoms with Gasteiger partial charge in [-0.15, -0.1) is 0 Å². The van der Waals surface area contributed by atoms with Crippen molar-refractivity contribution in [3.63, 3.8) is 0 Å². The van der Waals surface area contributed by atoms with E-state index in [0.29, 0.717) is 22.7 Å². The normalized spacial score (nSPS) is 12.6. The van der Waals surface area contributed by atoms with Crippen LogP contribution in [0.15, 0.2) is 18.2 Å². The van der Waals surface area contributed by atoms with E-state index in [4.69, 9.17) is 16.3 Å². The Morgan fingerprint density at radius 2 is 2.21 bits per heavy atom. The second kappa shape index (κ2) is 5.59. The molecule has 2 nitrogen and oxygen atoms in total. The van der Waals surface area contributed by atoms with Crippen LogP contribution in [0.4, 0.5) is 0 Å². The van der Waals surface area contributed by atoms with Crippen molar-refractivity contribution < 1.29 is 9.84 Å². The van der Waals surface area contributed by atoms with E-state index >= 15 is 0 Å². The molecule has 0 aliphatic carbocycles. The van der Waals surface area contributed by atoms with Crippen molar-refractivity contribution in [2.75, 3.05) is 11.9 Å². The highest BCUT2D eigenvalue weighted by atomic mass is 79.9. The molecule has 78 valence electrons. The van der Waals surface area contributed by atoms with Crippen LogP contribution in [0.25, 0.3) is 0 Å². The summed E-state index contributed by atoms with van der Waals surface area (Å²) in [4.78, 5) is 0. The van der Waals surface area contributed by atoms with Crippen molar-refractivity contribution in [1.82, 2.24) is 0 Å². The summed E-state index contributed by atoms with van der Waals surface area (Å²) < 4.78 is 5.31. The predicted molar refractivity (Wildman–Crippen MR) is 61.4 cm³/mol. The summed E-state index contributed by atoms with van der Waals surface area (Å²) >= 11 is 9.09. The minimum absolute atomic E-state index is 0.485. The molecule has 0 amide bonds. The summed E-state index contributed by atoms with van der Waals surface area (Å²) in [5.41, 5.74) is 0.762. The average molecular weight is 280 g/mol. The molecule has 0 fully saturated rings. The van der Waals surface area contributed by atoms with Crippen molar-refractivity contribution in [2.45, 2.75) is 13.0 Å². The van der Waals surface area contributed by atoms with Crippen LogP contribution in [0.1, 0.15) is 18.6 Å². The first-order chi connectivity index (χ1) is 6.67. The van der Waals surface area contributed by atoms with Gasteiger partial charge in [-0.25, -0.2) is 0 Å². The lowest BCUT2D eigenvalue weighted by Crippen LogP contribution is -1.99. The van der Waals surface area contributed by atoms with Gasteiger partial charge in [0, 0.05) is 10.4 Å². The third-order valence-corrected chi connectivity index (χ3v) is 2.57. The van der Waals surface area contributed by atoms with Gasteiger partial charge in [-0.2, -0.15) is 0 Å². The second-order valence-corrected chi connectivity index (χ2v) is 3.91. The molecule has 0 aromatic heterocycles. The van der Waals surface area contributed by atoms with Gasteiger partial charge in [0.15, 0.2) is 0 Å². The summed E-state index contributed by atoms with van der Waals surface area (Å²) in [5.74, 6) is 0.690. The van der Waals surface area contributed by atoms with E-state index in [1.807, 2.05) is 6.92 Å². The minimum atomic E-state index is -0.548. The number of alkyl halides is 1. The largest absolute Gasteiger partial charge is 0.494 e. The average Bonchev–Trinajstić information content (AvgIpc) is 2.16. The van der Waals surface area contributed by atoms with Crippen molar-refractivity contribution in [1.29, 1.82) is 0 Å². The third-order valence-electron chi connectivity index (χ3n) is 1.74. The highest BCUT2D eigenvalue weighted by Crippen LogP contribution is 2.25. The maximum atomic E-state index is 9.59. The number of ether oxygens (including phenoxy) is 1. The summed E-state index contributed by atoms with van der Waals surface area (Å²) in [6.45, 7) is 2.49. The van der Waals surface area contributed by atoms with Crippen LogP contribution in [0, 0.1) is 0 Å². The number of hydrogen-bond donors (Lipinski definition) is 1. The number of hydrogen-bond acceptors (Lipinski definition) is 2. The molecule has 1 atom stereocenters. The molecule has 1 aromatic rings. The molecule has 0 radical (unpaired) electrons. The number of aliphatic hydroxyl groups excluding tert-OH is 1. The predicted octanol–water partition coefficient (Wildman–Crippen LogP) is 3.17. The lowest BCUT2D eigenvalue weighted by molar-refractivity contribution is 0.204. The van der Waals surface area contributed by atoms with Crippen LogP contribution in [0.5, 0.6) is 5.75 Å². The van der Waals surface area contributed by atoms with Crippen LogP contribution >= 0.6 is 27.5 Å². The van der Waals surface area contributed by atoms with Crippen molar-refractivity contribution >= 4 is 27.5 Å². The zero-order valence-corrected chi connectivity index (χ0v) is 10.2. The summed E-state index contributed by atoms with van der Waals surface area (Å²) in [6.07, 6.45) is -0.548. The Morgan fingerprint density at radius 1 is 1.50 bits per heavy atom. The molecule has 1 aromatic carbocycles. The molecule has 1 unspecified atom stereocenters. The first-order valence-corrected chi connectivity index (χ1v) is 5.84. The van der Waals surface area contributed by atoms with Gasteiger partial charge in [0.05, 0.1) is 12.7 Å². The number of aliphatic hydroxyl groups is 1. The minimum Gasteiger partial charge on any atom is -0.494 e. The Bertz CT molecular complexity index is 304. The summed E-state index contributed by atoms with van der Waals surface area (Å²) in [6, 6.07) is 5.26. The Morgan fingerprint density at radius 3 is 2.79 bits per heavy atom. The van der Waals surface area contributed by atoms with Crippen molar-refractivity contribution in [2.24, 2.45) is 0 Å². The fourth-order valence-corrected chi connectivity index (χ4v) is 1.72. The topological polar surface area (TPSA) is 29.5 Å². The van der Waals surface area contributed by atoms with Crippen LogP contribution in [0.3, 0.4) is 0 Å². The van der Waals surface area contributed by atoms with Gasteiger partial charge in [0.2, 0.25) is 0 Å². The Labute approximate surface area is 97.0 Å². The lowest BCUT2D eigenvalue weighted by atomic mass is 10.1. The standard InChI is InChI=1S/C10H12BrClO2/c1-2-14-9-4-7(10(13)6-11)3-8(12)5-9/h3-5,10,13H,2,6H2,1H3. The van der Waals surface area contributed by atoms with E-state index in [1.54, 1.807) is 18.2 Å². The third kappa shape index (κ3) is 3.15. The Kier molecular flexibility index (Phi) is 4.72. The SMILES string of the molecule is CCOc1cc(Cl)cc(C(O)CBr)c1. The Balaban J connectivity index is 2.94. The maximum absolute atomic E-state index is 9.59. The van der Waals surface area contributed by atoms with Crippen molar-refractivity contribution in [3.8, 4) is 5.75 Å². The van der Waals surface area contributed by atoms with Gasteiger partial charge in [-0.3, -0.25) is 0 Å². The van der Waals surface area contributed by atoms with E-state index in [9.17, 15) is 5.11 Å². The van der Waals surface area contributed by atoms with Crippen LogP contribution in [0.2, 0.25) is 5.02 Å². The van der Waals surface area contributed by atoms with Gasteiger partial charge in [0.25, 0.3) is 0 Å². The molecule has 0 spiro atoms. The molecular formula is C10H12BrClO2. The van der Waals surface area contributed by atoms with Crippen LogP contribution in [-0.2, 0) is 0 Å². The second-order valence-electron chi connectivity index (χ2n) is 2.82. The number of rotatable bonds is 4. The first kappa shape index (κ1) is 11.8. The van der Waals surface area contributed by atoms with Gasteiger partial charge in [-0.1, -0.05) is 27.5 Å². The fraction of sp³-hybridized carbons (Fsp3) is 0.400. The van der Waals surface area contributed by atoms with Gasteiger partial charge in [0.1, 0.15) is 5.75 Å². The molecule has 0 aliphatic rings. The molecule has 0 bridgehead atoms. The van der Waals surface area contributed by atoms with Crippen LogP contribution < -0.4 is 4.74 Å². The zero-order valence-electron chi connectivity index (χ0n) is 7.84. The molecule has 0 saturated carbocycles. The van der Waals surface area contributed by atoms with E-state index in [0.717, 1.165) is 5.56 Å². The van der Waals surface area contributed by atoms with E-state index in [1.165, 1.54) is 0 Å². The van der Waals surface area contributed by atoms with Gasteiger partial charge >= 0.3 is 0 Å². The molecular weight excluding hydrogens is 267 g/mol. The molecule has 1 rings (SSSR count). The molecule has 0 heterocycles. The number of benzene rings is 1. The Hall–Kier alpha value is -0.250. The molecule has 4 heteroatoms. The van der Waals surface area contributed by atoms with Crippen LogP contribution in [-0.4, -0.2) is 17.0 Å². The molecule has 14 heavy (non-hydrogen) atoms.